The second-order valence-corrected chi connectivity index (χ2v) is 5.41. The summed E-state index contributed by atoms with van der Waals surface area (Å²) in [5.74, 6) is -0.775. The summed E-state index contributed by atoms with van der Waals surface area (Å²) in [6, 6.07) is 0. The average molecular weight is 267 g/mol. The molecule has 1 aromatic heterocycles. The molecule has 1 N–H and O–H groups in total. The largest absolute Gasteiger partial charge is 0.480 e. The van der Waals surface area contributed by atoms with Crippen LogP contribution in [0.15, 0.2) is 17.2 Å². The van der Waals surface area contributed by atoms with Crippen molar-refractivity contribution in [2.45, 2.75) is 39.7 Å². The molecule has 6 nitrogen and oxygen atoms in total. The highest BCUT2D eigenvalue weighted by atomic mass is 16.4. The van der Waals surface area contributed by atoms with Gasteiger partial charge in [-0.15, -0.1) is 0 Å². The van der Waals surface area contributed by atoms with Gasteiger partial charge in [0.1, 0.15) is 6.54 Å². The molecule has 0 saturated heterocycles. The molecule has 0 saturated carbocycles. The van der Waals surface area contributed by atoms with Crippen molar-refractivity contribution in [1.82, 2.24) is 9.55 Å². The Morgan fingerprint density at radius 1 is 1.47 bits per heavy atom. The van der Waals surface area contributed by atoms with E-state index in [1.54, 1.807) is 10.8 Å². The molecule has 6 heteroatoms. The van der Waals surface area contributed by atoms with Crippen LogP contribution in [0.5, 0.6) is 0 Å². The smallest absolute Gasteiger partial charge is 0.323 e. The molecule has 0 amide bonds. The van der Waals surface area contributed by atoms with Gasteiger partial charge in [0.2, 0.25) is 0 Å². The summed E-state index contributed by atoms with van der Waals surface area (Å²) < 4.78 is 1.57. The second kappa shape index (κ2) is 5.86. The highest BCUT2D eigenvalue weighted by Gasteiger charge is 2.20. The zero-order valence-electron chi connectivity index (χ0n) is 11.9. The van der Waals surface area contributed by atoms with Crippen molar-refractivity contribution >= 4 is 11.8 Å². The van der Waals surface area contributed by atoms with Gasteiger partial charge >= 0.3 is 5.97 Å². The third-order valence-electron chi connectivity index (χ3n) is 2.66. The normalized spacial score (nSPS) is 11.4. The monoisotopic (exact) mass is 267 g/mol. The molecular weight excluding hydrogens is 246 g/mol. The Balaban J connectivity index is 3.25. The summed E-state index contributed by atoms with van der Waals surface area (Å²) in [4.78, 5) is 28.8. The first kappa shape index (κ1) is 15.2. The number of hydrogen-bond donors (Lipinski definition) is 1. The summed E-state index contributed by atoms with van der Waals surface area (Å²) in [7, 11) is 0. The minimum absolute atomic E-state index is 0.196. The van der Waals surface area contributed by atoms with Gasteiger partial charge in [-0.3, -0.25) is 9.59 Å². The topological polar surface area (TPSA) is 75.4 Å². The van der Waals surface area contributed by atoms with Crippen LogP contribution < -0.4 is 10.5 Å². The van der Waals surface area contributed by atoms with E-state index in [0.29, 0.717) is 6.54 Å². The summed E-state index contributed by atoms with van der Waals surface area (Å²) in [6.45, 7) is 7.95. The van der Waals surface area contributed by atoms with E-state index in [-0.39, 0.29) is 23.5 Å². The van der Waals surface area contributed by atoms with Gasteiger partial charge in [-0.25, -0.2) is 4.98 Å². The van der Waals surface area contributed by atoms with Crippen molar-refractivity contribution in [1.29, 1.82) is 0 Å². The number of anilines is 1. The van der Waals surface area contributed by atoms with E-state index in [0.717, 1.165) is 6.42 Å². The number of aliphatic carboxylic acids is 1. The van der Waals surface area contributed by atoms with Crippen LogP contribution in [0.3, 0.4) is 0 Å². The van der Waals surface area contributed by atoms with Gasteiger partial charge in [0, 0.05) is 24.5 Å². The van der Waals surface area contributed by atoms with Gasteiger partial charge in [0.05, 0.1) is 0 Å². The molecule has 0 atom stereocenters. The Labute approximate surface area is 112 Å². The highest BCUT2D eigenvalue weighted by molar-refractivity contribution is 5.73. The number of carboxylic acid groups (broad SMARTS) is 1. The Morgan fingerprint density at radius 3 is 2.58 bits per heavy atom. The van der Waals surface area contributed by atoms with Crippen molar-refractivity contribution in [3.05, 3.63) is 22.7 Å². The van der Waals surface area contributed by atoms with Crippen molar-refractivity contribution in [2.24, 2.45) is 0 Å². The summed E-state index contributed by atoms with van der Waals surface area (Å²) in [5.41, 5.74) is -0.625. The maximum absolute atomic E-state index is 12.4. The van der Waals surface area contributed by atoms with Crippen LogP contribution in [-0.4, -0.2) is 33.7 Å². The first-order valence-electron chi connectivity index (χ1n) is 6.32. The molecular formula is C13H21N3O3. The quantitative estimate of drug-likeness (QED) is 0.870. The second-order valence-electron chi connectivity index (χ2n) is 5.41. The summed E-state index contributed by atoms with van der Waals surface area (Å²) >= 11 is 0. The molecule has 1 heterocycles. The standard InChI is InChI=1S/C13H21N3O3/c1-5-7-15(9-10(17)18)11-12(19)16(8-6-14-11)13(2,3)4/h6,8H,5,7,9H2,1-4H3,(H,17,18). The molecule has 0 aliphatic carbocycles. The molecule has 0 aromatic carbocycles. The predicted molar refractivity (Wildman–Crippen MR) is 73.6 cm³/mol. The SMILES string of the molecule is CCCN(CC(=O)O)c1nccn(C(C)(C)C)c1=O. The lowest BCUT2D eigenvalue weighted by atomic mass is 10.1. The number of rotatable bonds is 5. The van der Waals surface area contributed by atoms with Crippen LogP contribution in [0.25, 0.3) is 0 Å². The van der Waals surface area contributed by atoms with Gasteiger partial charge in [-0.1, -0.05) is 6.92 Å². The van der Waals surface area contributed by atoms with Crippen LogP contribution >= 0.6 is 0 Å². The van der Waals surface area contributed by atoms with Crippen LogP contribution in [-0.2, 0) is 10.3 Å². The molecule has 0 spiro atoms. The van der Waals surface area contributed by atoms with E-state index >= 15 is 0 Å². The minimum atomic E-state index is -0.971. The Kier molecular flexibility index (Phi) is 4.69. The average Bonchev–Trinajstić information content (AvgIpc) is 2.26. The van der Waals surface area contributed by atoms with E-state index in [1.165, 1.54) is 11.1 Å². The third-order valence-corrected chi connectivity index (χ3v) is 2.66. The molecule has 1 rings (SSSR count). The lowest BCUT2D eigenvalue weighted by Gasteiger charge is -2.25. The van der Waals surface area contributed by atoms with Gasteiger partial charge in [0.15, 0.2) is 5.82 Å². The van der Waals surface area contributed by atoms with Gasteiger partial charge < -0.3 is 14.6 Å². The number of carbonyl (C=O) groups is 1. The van der Waals surface area contributed by atoms with E-state index in [2.05, 4.69) is 4.98 Å². The molecule has 19 heavy (non-hydrogen) atoms. The molecule has 1 aromatic rings. The Morgan fingerprint density at radius 2 is 2.11 bits per heavy atom. The van der Waals surface area contributed by atoms with E-state index < -0.39 is 5.97 Å². The first-order chi connectivity index (χ1) is 8.77. The first-order valence-corrected chi connectivity index (χ1v) is 6.32. The Hall–Kier alpha value is -1.85. The van der Waals surface area contributed by atoms with Gasteiger partial charge in [-0.2, -0.15) is 0 Å². The number of aromatic nitrogens is 2. The van der Waals surface area contributed by atoms with Crippen LogP contribution in [0.2, 0.25) is 0 Å². The van der Waals surface area contributed by atoms with Crippen LogP contribution in [0.1, 0.15) is 34.1 Å². The lowest BCUT2D eigenvalue weighted by molar-refractivity contribution is -0.135. The summed E-state index contributed by atoms with van der Waals surface area (Å²) in [6.07, 6.45) is 3.90. The van der Waals surface area contributed by atoms with E-state index in [4.69, 9.17) is 5.11 Å². The predicted octanol–water partition coefficient (Wildman–Crippen LogP) is 1.30. The molecule has 0 aliphatic heterocycles. The van der Waals surface area contributed by atoms with Crippen molar-refractivity contribution in [3.63, 3.8) is 0 Å². The molecule has 0 bridgehead atoms. The highest BCUT2D eigenvalue weighted by Crippen LogP contribution is 2.12. The minimum Gasteiger partial charge on any atom is -0.480 e. The molecule has 106 valence electrons. The lowest BCUT2D eigenvalue weighted by Crippen LogP contribution is -2.40. The Bertz CT molecular complexity index is 503. The summed E-state index contributed by atoms with van der Waals surface area (Å²) in [5, 5.41) is 8.91. The zero-order valence-corrected chi connectivity index (χ0v) is 11.9. The van der Waals surface area contributed by atoms with Gasteiger partial charge in [0.25, 0.3) is 5.56 Å². The van der Waals surface area contributed by atoms with E-state index in [9.17, 15) is 9.59 Å². The number of hydrogen-bond acceptors (Lipinski definition) is 4. The van der Waals surface area contributed by atoms with E-state index in [1.807, 2.05) is 27.7 Å². The fourth-order valence-electron chi connectivity index (χ4n) is 1.84. The maximum Gasteiger partial charge on any atom is 0.323 e. The fraction of sp³-hybridized carbons (Fsp3) is 0.615. The molecule has 0 fully saturated rings. The van der Waals surface area contributed by atoms with Crippen molar-refractivity contribution < 1.29 is 9.90 Å². The van der Waals surface area contributed by atoms with Crippen molar-refractivity contribution in [3.8, 4) is 0 Å². The zero-order chi connectivity index (χ0) is 14.6. The number of carboxylic acids is 1. The third kappa shape index (κ3) is 3.81. The molecule has 0 unspecified atom stereocenters. The fourth-order valence-corrected chi connectivity index (χ4v) is 1.84. The van der Waals surface area contributed by atoms with Crippen molar-refractivity contribution in [2.75, 3.05) is 18.0 Å². The molecule has 0 radical (unpaired) electrons. The molecule has 0 aliphatic rings. The van der Waals surface area contributed by atoms with Crippen LogP contribution in [0, 0.1) is 0 Å². The van der Waals surface area contributed by atoms with Gasteiger partial charge in [-0.05, 0) is 27.2 Å². The maximum atomic E-state index is 12.4. The number of nitrogens with zero attached hydrogens (tertiary/aromatic N) is 3. The van der Waals surface area contributed by atoms with Crippen LogP contribution in [0.4, 0.5) is 5.82 Å².